The number of carbonyl (C=O) groups is 1. The molecule has 0 amide bonds. The van der Waals surface area contributed by atoms with Crippen molar-refractivity contribution in [3.63, 3.8) is 0 Å². The fraction of sp³-hybridized carbons (Fsp3) is 0.625. The summed E-state index contributed by atoms with van der Waals surface area (Å²) in [5.74, 6) is -0.646. The molecule has 4 nitrogen and oxygen atoms in total. The summed E-state index contributed by atoms with van der Waals surface area (Å²) in [6.07, 6.45) is 10.2. The minimum Gasteiger partial charge on any atom is -0.481 e. The van der Waals surface area contributed by atoms with Gasteiger partial charge < -0.3 is 15.3 Å². The Hall–Kier alpha value is -1.36. The van der Waals surface area contributed by atoms with Gasteiger partial charge in [-0.3, -0.25) is 4.79 Å². The highest BCUT2D eigenvalue weighted by Gasteiger charge is 2.41. The van der Waals surface area contributed by atoms with Crippen LogP contribution in [0.15, 0.2) is 36.4 Å². The molecule has 1 aromatic carbocycles. The van der Waals surface area contributed by atoms with Gasteiger partial charge in [-0.2, -0.15) is 0 Å². The van der Waals surface area contributed by atoms with E-state index in [9.17, 15) is 15.0 Å². The van der Waals surface area contributed by atoms with Crippen LogP contribution in [0.4, 0.5) is 0 Å². The van der Waals surface area contributed by atoms with Gasteiger partial charge >= 0.3 is 5.97 Å². The number of hydrogen-bond acceptors (Lipinski definition) is 3. The summed E-state index contributed by atoms with van der Waals surface area (Å²) in [6.45, 7) is 2.15. The fourth-order valence-corrected chi connectivity index (χ4v) is 4.71. The van der Waals surface area contributed by atoms with Crippen LogP contribution >= 0.6 is 11.6 Å². The van der Waals surface area contributed by atoms with Gasteiger partial charge in [-0.25, -0.2) is 0 Å². The molecule has 0 heterocycles. The first-order valence-electron chi connectivity index (χ1n) is 10.9. The van der Waals surface area contributed by atoms with Crippen molar-refractivity contribution in [1.29, 1.82) is 0 Å². The van der Waals surface area contributed by atoms with Gasteiger partial charge in [-0.1, -0.05) is 62.6 Å². The molecule has 0 aliphatic heterocycles. The van der Waals surface area contributed by atoms with Gasteiger partial charge in [0.1, 0.15) is 0 Å². The first-order chi connectivity index (χ1) is 13.9. The maximum Gasteiger partial charge on any atom is 0.303 e. The van der Waals surface area contributed by atoms with Crippen molar-refractivity contribution in [3.8, 4) is 0 Å². The Morgan fingerprint density at radius 3 is 2.59 bits per heavy atom. The van der Waals surface area contributed by atoms with Crippen LogP contribution in [0.1, 0.15) is 87.9 Å². The third kappa shape index (κ3) is 7.44. The van der Waals surface area contributed by atoms with Crippen molar-refractivity contribution in [2.45, 2.75) is 88.2 Å². The quantitative estimate of drug-likeness (QED) is 0.233. The molecule has 1 aliphatic rings. The molecule has 1 aliphatic carbocycles. The lowest BCUT2D eigenvalue weighted by Crippen LogP contribution is -2.18. The summed E-state index contributed by atoms with van der Waals surface area (Å²) in [6, 6.07) is 7.98. The highest BCUT2D eigenvalue weighted by molar-refractivity contribution is 6.21. The van der Waals surface area contributed by atoms with Gasteiger partial charge in [0, 0.05) is 17.7 Å². The summed E-state index contributed by atoms with van der Waals surface area (Å²) >= 11 is 6.54. The molecule has 3 N–H and O–H groups in total. The zero-order valence-electron chi connectivity index (χ0n) is 17.3. The second-order valence-electron chi connectivity index (χ2n) is 8.18. The Labute approximate surface area is 179 Å². The van der Waals surface area contributed by atoms with E-state index in [4.69, 9.17) is 16.7 Å². The molecule has 5 atom stereocenters. The molecule has 0 spiro atoms. The van der Waals surface area contributed by atoms with Gasteiger partial charge in [-0.15, -0.1) is 11.6 Å². The second kappa shape index (κ2) is 12.4. The van der Waals surface area contributed by atoms with Crippen molar-refractivity contribution < 1.29 is 20.1 Å². The molecule has 1 unspecified atom stereocenters. The molecule has 2 rings (SSSR count). The zero-order chi connectivity index (χ0) is 21.2. The number of allylic oxidation sites excluding steroid dienone is 2. The van der Waals surface area contributed by atoms with E-state index in [0.29, 0.717) is 12.8 Å². The minimum atomic E-state index is -0.767. The number of aliphatic hydroxyl groups is 2. The summed E-state index contributed by atoms with van der Waals surface area (Å²) in [5, 5.41) is 29.5. The van der Waals surface area contributed by atoms with Gasteiger partial charge in [0.2, 0.25) is 0 Å². The largest absolute Gasteiger partial charge is 0.481 e. The van der Waals surface area contributed by atoms with E-state index in [2.05, 4.69) is 13.0 Å². The predicted molar refractivity (Wildman–Crippen MR) is 117 cm³/mol. The van der Waals surface area contributed by atoms with Crippen LogP contribution in [-0.2, 0) is 4.79 Å². The van der Waals surface area contributed by atoms with Crippen molar-refractivity contribution in [1.82, 2.24) is 0 Å². The Kier molecular flexibility index (Phi) is 10.2. The summed E-state index contributed by atoms with van der Waals surface area (Å²) in [7, 11) is 0. The van der Waals surface area contributed by atoms with E-state index >= 15 is 0 Å². The van der Waals surface area contributed by atoms with E-state index in [-0.39, 0.29) is 23.6 Å². The first-order valence-corrected chi connectivity index (χ1v) is 11.3. The molecule has 1 saturated carbocycles. The van der Waals surface area contributed by atoms with Crippen molar-refractivity contribution in [2.75, 3.05) is 0 Å². The van der Waals surface area contributed by atoms with Crippen LogP contribution in [0.25, 0.3) is 0 Å². The monoisotopic (exact) mass is 422 g/mol. The molecule has 1 fully saturated rings. The Balaban J connectivity index is 1.96. The highest BCUT2D eigenvalue weighted by Crippen LogP contribution is 2.45. The molecule has 1 aromatic rings. The molecule has 0 bridgehead atoms. The van der Waals surface area contributed by atoms with E-state index in [1.54, 1.807) is 0 Å². The van der Waals surface area contributed by atoms with Crippen LogP contribution in [0.3, 0.4) is 0 Å². The fourth-order valence-electron chi connectivity index (χ4n) is 4.26. The Morgan fingerprint density at radius 1 is 1.21 bits per heavy atom. The third-order valence-electron chi connectivity index (χ3n) is 5.93. The molecular formula is C24H35ClO4. The molecular weight excluding hydrogens is 388 g/mol. The summed E-state index contributed by atoms with van der Waals surface area (Å²) in [4.78, 5) is 10.6. The van der Waals surface area contributed by atoms with Crippen molar-refractivity contribution in [3.05, 3.63) is 47.5 Å². The molecule has 29 heavy (non-hydrogen) atoms. The molecule has 0 radical (unpaired) electrons. The molecule has 5 heteroatoms. The maximum absolute atomic E-state index is 10.6. The van der Waals surface area contributed by atoms with Crippen LogP contribution in [0, 0.1) is 5.92 Å². The second-order valence-corrected chi connectivity index (χ2v) is 8.74. The molecule has 162 valence electrons. The lowest BCUT2D eigenvalue weighted by atomic mass is 9.84. The van der Waals surface area contributed by atoms with Crippen LogP contribution in [0.2, 0.25) is 0 Å². The molecule has 0 aromatic heterocycles. The number of hydrogen-bond donors (Lipinski definition) is 3. The third-order valence-corrected chi connectivity index (χ3v) is 6.43. The highest BCUT2D eigenvalue weighted by atomic mass is 35.5. The van der Waals surface area contributed by atoms with E-state index in [0.717, 1.165) is 49.7 Å². The van der Waals surface area contributed by atoms with Crippen LogP contribution in [0.5, 0.6) is 0 Å². The number of unbranched alkanes of at least 4 members (excludes halogenated alkanes) is 3. The molecule has 0 saturated heterocycles. The van der Waals surface area contributed by atoms with Crippen LogP contribution < -0.4 is 0 Å². The van der Waals surface area contributed by atoms with E-state index < -0.39 is 18.2 Å². The standard InChI is InChI=1S/C24H35ClO4/c1-2-3-6-10-21(26)17-12-14-18(15-13-17)24-19(20(25)16-22(24)27)9-7-4-5-8-11-23(28)29/h4,7,12-15,19-22,24,26-27H,2-3,5-6,8-11,16H2,1H3,(H,28,29)/t19-,20+,21?,22-,24+/m0/s1. The van der Waals surface area contributed by atoms with Crippen LogP contribution in [-0.4, -0.2) is 32.8 Å². The number of halogens is 1. The van der Waals surface area contributed by atoms with Crippen molar-refractivity contribution >= 4 is 17.6 Å². The lowest BCUT2D eigenvalue weighted by molar-refractivity contribution is -0.137. The van der Waals surface area contributed by atoms with Gasteiger partial charge in [0.15, 0.2) is 0 Å². The zero-order valence-corrected chi connectivity index (χ0v) is 18.1. The SMILES string of the molecule is CCCCCC(O)c1ccc([C@@H]2[C@@H](CC=CCCCC(=O)O)[C@H](Cl)C[C@@H]2O)cc1. The number of aliphatic carboxylic acids is 1. The normalized spacial score (nSPS) is 25.5. The van der Waals surface area contributed by atoms with Gasteiger partial charge in [-0.05, 0) is 49.1 Å². The summed E-state index contributed by atoms with van der Waals surface area (Å²) < 4.78 is 0. The first kappa shape index (κ1) is 23.9. The number of alkyl halides is 1. The number of carboxylic acids is 1. The van der Waals surface area contributed by atoms with E-state index in [1.807, 2.05) is 30.3 Å². The Morgan fingerprint density at radius 2 is 1.93 bits per heavy atom. The number of carboxylic acid groups (broad SMARTS) is 1. The van der Waals surface area contributed by atoms with Crippen molar-refractivity contribution in [2.24, 2.45) is 5.92 Å². The van der Waals surface area contributed by atoms with E-state index in [1.165, 1.54) is 0 Å². The van der Waals surface area contributed by atoms with Gasteiger partial charge in [0.25, 0.3) is 0 Å². The number of rotatable bonds is 12. The average Bonchev–Trinajstić information content (AvgIpc) is 2.97. The topological polar surface area (TPSA) is 77.8 Å². The number of benzene rings is 1. The maximum atomic E-state index is 10.6. The average molecular weight is 423 g/mol. The van der Waals surface area contributed by atoms with Gasteiger partial charge in [0.05, 0.1) is 12.2 Å². The Bertz CT molecular complexity index is 643. The lowest BCUT2D eigenvalue weighted by Gasteiger charge is -2.23. The minimum absolute atomic E-state index is 0.0209. The predicted octanol–water partition coefficient (Wildman–Crippen LogP) is 5.57. The number of aliphatic hydroxyl groups excluding tert-OH is 2. The summed E-state index contributed by atoms with van der Waals surface area (Å²) in [5.41, 5.74) is 1.99. The smallest absolute Gasteiger partial charge is 0.303 e.